The van der Waals surface area contributed by atoms with Crippen LogP contribution in [0.5, 0.6) is 0 Å². The van der Waals surface area contributed by atoms with Crippen molar-refractivity contribution in [2.24, 2.45) is 29.0 Å². The van der Waals surface area contributed by atoms with Gasteiger partial charge in [0.2, 0.25) is 0 Å². The standard InChI is InChI=1S/C16H24N2O/c17-18-15(6-11-1-2-19-10-11)16-7-12-3-13(8-16)5-14(4-12)9-16/h1-2,10,12-15,18H,3-9,17H2. The summed E-state index contributed by atoms with van der Waals surface area (Å²) in [5.74, 6) is 8.86. The molecule has 1 heterocycles. The molecule has 3 nitrogen and oxygen atoms in total. The Morgan fingerprint density at radius 1 is 1.21 bits per heavy atom. The number of nitrogens with one attached hydrogen (secondary N) is 1. The fourth-order valence-electron chi connectivity index (χ4n) is 5.70. The van der Waals surface area contributed by atoms with Crippen LogP contribution in [0.15, 0.2) is 23.0 Å². The molecule has 0 aromatic carbocycles. The summed E-state index contributed by atoms with van der Waals surface area (Å²) in [5, 5.41) is 0. The van der Waals surface area contributed by atoms with Gasteiger partial charge < -0.3 is 4.42 Å². The number of hydrogen-bond donors (Lipinski definition) is 2. The second-order valence-electron chi connectivity index (χ2n) is 7.33. The highest BCUT2D eigenvalue weighted by molar-refractivity contribution is 5.13. The predicted molar refractivity (Wildman–Crippen MR) is 74.1 cm³/mol. The average Bonchev–Trinajstić information content (AvgIpc) is 2.87. The van der Waals surface area contributed by atoms with Crippen LogP contribution in [0.4, 0.5) is 0 Å². The largest absolute Gasteiger partial charge is 0.472 e. The van der Waals surface area contributed by atoms with E-state index in [2.05, 4.69) is 11.5 Å². The first-order valence-corrected chi connectivity index (χ1v) is 7.74. The van der Waals surface area contributed by atoms with Gasteiger partial charge >= 0.3 is 0 Å². The van der Waals surface area contributed by atoms with E-state index in [9.17, 15) is 0 Å². The molecule has 1 atom stereocenters. The van der Waals surface area contributed by atoms with Crippen molar-refractivity contribution in [3.05, 3.63) is 24.2 Å². The number of nitrogens with two attached hydrogens (primary N) is 1. The molecule has 0 saturated heterocycles. The van der Waals surface area contributed by atoms with Gasteiger partial charge in [-0.2, -0.15) is 0 Å². The van der Waals surface area contributed by atoms with Gasteiger partial charge in [0.05, 0.1) is 12.5 Å². The lowest BCUT2D eigenvalue weighted by molar-refractivity contribution is -0.0737. The first-order valence-electron chi connectivity index (χ1n) is 7.74. The summed E-state index contributed by atoms with van der Waals surface area (Å²) in [5.41, 5.74) is 4.89. The average molecular weight is 260 g/mol. The van der Waals surface area contributed by atoms with E-state index in [1.807, 2.05) is 6.26 Å². The van der Waals surface area contributed by atoms with E-state index in [4.69, 9.17) is 10.3 Å². The zero-order chi connectivity index (χ0) is 12.9. The van der Waals surface area contributed by atoms with Crippen LogP contribution in [0.2, 0.25) is 0 Å². The van der Waals surface area contributed by atoms with E-state index in [1.54, 1.807) is 6.26 Å². The summed E-state index contributed by atoms with van der Waals surface area (Å²) in [7, 11) is 0. The van der Waals surface area contributed by atoms with Crippen molar-refractivity contribution in [1.29, 1.82) is 0 Å². The third kappa shape index (κ3) is 1.95. The van der Waals surface area contributed by atoms with Gasteiger partial charge in [0.1, 0.15) is 0 Å². The molecule has 0 aliphatic heterocycles. The number of furan rings is 1. The molecule has 1 aromatic rings. The lowest BCUT2D eigenvalue weighted by Crippen LogP contribution is -2.58. The molecule has 3 N–H and O–H groups in total. The molecule has 0 spiro atoms. The second kappa shape index (κ2) is 4.35. The van der Waals surface area contributed by atoms with Crippen molar-refractivity contribution >= 4 is 0 Å². The van der Waals surface area contributed by atoms with Gasteiger partial charge in [-0.05, 0) is 79.7 Å². The molecular formula is C16H24N2O. The summed E-state index contributed by atoms with van der Waals surface area (Å²) in [6.45, 7) is 0. The Bertz CT molecular complexity index is 404. The van der Waals surface area contributed by atoms with Gasteiger partial charge in [-0.15, -0.1) is 0 Å². The molecule has 4 bridgehead atoms. The van der Waals surface area contributed by atoms with Crippen molar-refractivity contribution < 1.29 is 4.42 Å². The van der Waals surface area contributed by atoms with E-state index in [1.165, 1.54) is 44.1 Å². The highest BCUT2D eigenvalue weighted by Crippen LogP contribution is 2.61. The Kier molecular flexibility index (Phi) is 2.75. The third-order valence-electron chi connectivity index (χ3n) is 6.05. The van der Waals surface area contributed by atoms with Crippen LogP contribution in [-0.4, -0.2) is 6.04 Å². The number of hydrazine groups is 1. The molecule has 0 amide bonds. The normalized spacial score (nSPS) is 41.6. The minimum absolute atomic E-state index is 0.415. The van der Waals surface area contributed by atoms with Crippen molar-refractivity contribution in [2.45, 2.75) is 51.0 Å². The van der Waals surface area contributed by atoms with Crippen molar-refractivity contribution in [1.82, 2.24) is 5.43 Å². The molecule has 4 saturated carbocycles. The minimum atomic E-state index is 0.415. The Balaban J connectivity index is 1.58. The van der Waals surface area contributed by atoms with Gasteiger partial charge in [-0.3, -0.25) is 11.3 Å². The van der Waals surface area contributed by atoms with Crippen LogP contribution in [0, 0.1) is 23.2 Å². The summed E-state index contributed by atoms with van der Waals surface area (Å²) in [6.07, 6.45) is 13.3. The number of rotatable bonds is 4. The third-order valence-corrected chi connectivity index (χ3v) is 6.05. The quantitative estimate of drug-likeness (QED) is 0.646. The molecule has 19 heavy (non-hydrogen) atoms. The van der Waals surface area contributed by atoms with Crippen LogP contribution in [0.3, 0.4) is 0 Å². The van der Waals surface area contributed by atoms with Gasteiger partial charge in [-0.25, -0.2) is 0 Å². The maximum Gasteiger partial charge on any atom is 0.0935 e. The SMILES string of the molecule is NNC(Cc1ccoc1)C12CC3CC(CC(C3)C1)C2. The lowest BCUT2D eigenvalue weighted by atomic mass is 9.47. The maximum absolute atomic E-state index is 5.93. The minimum Gasteiger partial charge on any atom is -0.472 e. The van der Waals surface area contributed by atoms with Crippen LogP contribution in [-0.2, 0) is 6.42 Å². The van der Waals surface area contributed by atoms with E-state index in [0.717, 1.165) is 24.2 Å². The van der Waals surface area contributed by atoms with Crippen molar-refractivity contribution in [2.75, 3.05) is 0 Å². The number of hydrogen-bond acceptors (Lipinski definition) is 3. The predicted octanol–water partition coefficient (Wildman–Crippen LogP) is 2.87. The zero-order valence-electron chi connectivity index (χ0n) is 11.5. The molecule has 4 fully saturated rings. The highest BCUT2D eigenvalue weighted by Gasteiger charge is 2.53. The van der Waals surface area contributed by atoms with Crippen LogP contribution in [0.25, 0.3) is 0 Å². The van der Waals surface area contributed by atoms with Gasteiger partial charge in [0, 0.05) is 6.04 Å². The fourth-order valence-corrected chi connectivity index (χ4v) is 5.70. The van der Waals surface area contributed by atoms with Crippen LogP contribution >= 0.6 is 0 Å². The molecule has 4 aliphatic carbocycles. The molecule has 104 valence electrons. The summed E-state index contributed by atoms with van der Waals surface area (Å²) < 4.78 is 5.21. The fraction of sp³-hybridized carbons (Fsp3) is 0.750. The Morgan fingerprint density at radius 2 is 1.84 bits per heavy atom. The molecule has 3 heteroatoms. The maximum atomic E-state index is 5.93. The molecule has 0 radical (unpaired) electrons. The summed E-state index contributed by atoms with van der Waals surface area (Å²) in [6, 6.07) is 2.49. The topological polar surface area (TPSA) is 51.2 Å². The van der Waals surface area contributed by atoms with Crippen molar-refractivity contribution in [3.8, 4) is 0 Å². The van der Waals surface area contributed by atoms with Gasteiger partial charge in [-0.1, -0.05) is 0 Å². The van der Waals surface area contributed by atoms with Gasteiger partial charge in [0.15, 0.2) is 0 Å². The second-order valence-corrected chi connectivity index (χ2v) is 7.33. The van der Waals surface area contributed by atoms with E-state index in [0.29, 0.717) is 11.5 Å². The first kappa shape index (κ1) is 12.0. The lowest BCUT2D eigenvalue weighted by Gasteiger charge is -2.59. The molecule has 4 aliphatic rings. The summed E-state index contributed by atoms with van der Waals surface area (Å²) >= 11 is 0. The Hall–Kier alpha value is -0.800. The zero-order valence-corrected chi connectivity index (χ0v) is 11.5. The van der Waals surface area contributed by atoms with Crippen LogP contribution in [0.1, 0.15) is 44.1 Å². The first-order chi connectivity index (χ1) is 9.27. The Morgan fingerprint density at radius 3 is 2.32 bits per heavy atom. The Labute approximate surface area is 114 Å². The molecule has 1 unspecified atom stereocenters. The summed E-state index contributed by atoms with van der Waals surface area (Å²) in [4.78, 5) is 0. The highest BCUT2D eigenvalue weighted by atomic mass is 16.3. The van der Waals surface area contributed by atoms with Gasteiger partial charge in [0.25, 0.3) is 0 Å². The molecule has 5 rings (SSSR count). The van der Waals surface area contributed by atoms with E-state index >= 15 is 0 Å². The van der Waals surface area contributed by atoms with E-state index in [-0.39, 0.29) is 0 Å². The van der Waals surface area contributed by atoms with Crippen molar-refractivity contribution in [3.63, 3.8) is 0 Å². The monoisotopic (exact) mass is 260 g/mol. The van der Waals surface area contributed by atoms with E-state index < -0.39 is 0 Å². The smallest absolute Gasteiger partial charge is 0.0935 e. The van der Waals surface area contributed by atoms with Crippen LogP contribution < -0.4 is 11.3 Å². The molecular weight excluding hydrogens is 236 g/mol. The molecule has 1 aromatic heterocycles.